The monoisotopic (exact) mass is 1200 g/mol. The fourth-order valence-electron chi connectivity index (χ4n) is 11.1. The first-order chi connectivity index (χ1) is 41.6. The maximum atomic E-state index is 15.5. The van der Waals surface area contributed by atoms with E-state index in [2.05, 4.69) is 47.0 Å². The molecule has 2 amide bonds. The van der Waals surface area contributed by atoms with Crippen LogP contribution in [-0.4, -0.2) is 74.5 Å². The van der Waals surface area contributed by atoms with E-state index in [0.717, 1.165) is 38.1 Å². The highest BCUT2D eigenvalue weighted by molar-refractivity contribution is 8.01. The summed E-state index contributed by atoms with van der Waals surface area (Å²) in [4.78, 5) is 71.7. The van der Waals surface area contributed by atoms with Crippen LogP contribution in [0.5, 0.6) is 5.75 Å². The van der Waals surface area contributed by atoms with Crippen LogP contribution in [0.1, 0.15) is 44.6 Å². The largest absolute Gasteiger partial charge is 0.615 e. The number of esters is 1. The molecule has 2 saturated heterocycles. The molecule has 2 aliphatic rings. The molecule has 2 N–H and O–H groups in total. The Kier molecular flexibility index (Phi) is 16.5. The number of carbonyl (C=O) groups excluding carboxylic acids is 3. The van der Waals surface area contributed by atoms with E-state index < -0.39 is 56.9 Å². The van der Waals surface area contributed by atoms with E-state index in [-0.39, 0.29) is 41.5 Å². The number of rotatable bonds is 20. The standard InChI is InChI=1S/C68H55N5O8S4/c1-79-53-38-36-46(37-39-53)41-80-64(77)66(44-83-58-40-56(74)54-34-20-21-35-57(54)84-58)43-73-62(76)60(63(73)85(78)45-66)70-61(75)59(72-81-68(50-28-14-5-15-29-50,51-30-16-6-17-31-51)52-32-18-7-19-33-52)55-42-82-65(69-55)71-67(47-22-8-2-9-23-47,48-24-10-3-11-25-48)49-26-12-4-13-27-49/h2-40,42,60,63H,41,43-45H2,1H3,(H,69,71)(H,70,75)/t60?,63-,66?,85?/m1/s1. The topological polar surface area (TPSA) is 172 Å². The molecule has 2 fully saturated rings. The molecular weight excluding hydrogens is 1140 g/mol. The van der Waals surface area contributed by atoms with Crippen molar-refractivity contribution < 1.29 is 33.2 Å². The molecule has 424 valence electrons. The lowest BCUT2D eigenvalue weighted by molar-refractivity contribution is -0.162. The van der Waals surface area contributed by atoms with Crippen molar-refractivity contribution in [2.45, 2.75) is 33.4 Å². The third-order valence-corrected chi connectivity index (χ3v) is 20.6. The van der Waals surface area contributed by atoms with Crippen molar-refractivity contribution in [1.29, 1.82) is 0 Å². The van der Waals surface area contributed by atoms with Crippen LogP contribution in [0.3, 0.4) is 0 Å². The quantitative estimate of drug-likeness (QED) is 0.0141. The van der Waals surface area contributed by atoms with E-state index >= 15 is 4.79 Å². The summed E-state index contributed by atoms with van der Waals surface area (Å²) in [6.07, 6.45) is 0. The third-order valence-electron chi connectivity index (χ3n) is 15.3. The van der Waals surface area contributed by atoms with E-state index in [4.69, 9.17) is 24.5 Å². The van der Waals surface area contributed by atoms with E-state index in [1.54, 1.807) is 42.8 Å². The number of ether oxygens (including phenoxy) is 2. The van der Waals surface area contributed by atoms with E-state index in [0.29, 0.717) is 26.0 Å². The van der Waals surface area contributed by atoms with E-state index in [9.17, 15) is 18.9 Å². The predicted octanol–water partition coefficient (Wildman–Crippen LogP) is 11.8. The number of nitrogens with zero attached hydrogens (tertiary/aromatic N) is 3. The minimum Gasteiger partial charge on any atom is -0.615 e. The van der Waals surface area contributed by atoms with Gasteiger partial charge in [0.25, 0.3) is 11.8 Å². The number of nitrogens with one attached hydrogen (secondary N) is 2. The number of fused-ring (bicyclic) bond motifs is 2. The molecule has 8 aromatic carbocycles. The van der Waals surface area contributed by atoms with E-state index in [1.165, 1.54) is 45.4 Å². The van der Waals surface area contributed by atoms with Crippen molar-refractivity contribution >= 4 is 84.3 Å². The number of hydrogen-bond acceptors (Lipinski definition) is 14. The number of amides is 2. The summed E-state index contributed by atoms with van der Waals surface area (Å²) in [6, 6.07) is 73.6. The Balaban J connectivity index is 0.902. The number of β-lactam (4-membered cyclic amide) rings is 1. The van der Waals surface area contributed by atoms with Crippen molar-refractivity contribution in [2.24, 2.45) is 10.6 Å². The number of hydrogen-bond donors (Lipinski definition) is 2. The van der Waals surface area contributed by atoms with Gasteiger partial charge < -0.3 is 29.5 Å². The zero-order valence-electron chi connectivity index (χ0n) is 45.8. The Hall–Kier alpha value is -8.84. The lowest BCUT2D eigenvalue weighted by Gasteiger charge is -2.53. The second-order valence-corrected chi connectivity index (χ2v) is 25.3. The Morgan fingerprint density at radius 1 is 0.718 bits per heavy atom. The number of methoxy groups -OCH3 is 1. The maximum Gasteiger partial charge on any atom is 0.319 e. The van der Waals surface area contributed by atoms with Crippen molar-refractivity contribution in [1.82, 2.24) is 15.2 Å². The summed E-state index contributed by atoms with van der Waals surface area (Å²) < 4.78 is 27.7. The fourth-order valence-corrected chi connectivity index (χ4v) is 16.4. The minimum absolute atomic E-state index is 0.0441. The Morgan fingerprint density at radius 2 is 1.24 bits per heavy atom. The van der Waals surface area contributed by atoms with Gasteiger partial charge in [0, 0.05) is 50.5 Å². The van der Waals surface area contributed by atoms with Gasteiger partial charge in [-0.25, -0.2) is 4.98 Å². The number of anilines is 1. The molecule has 3 unspecified atom stereocenters. The zero-order chi connectivity index (χ0) is 58.4. The van der Waals surface area contributed by atoms with Gasteiger partial charge >= 0.3 is 5.97 Å². The second-order valence-electron chi connectivity index (χ2n) is 20.6. The smallest absolute Gasteiger partial charge is 0.319 e. The average molecular weight is 1200 g/mol. The number of aromatic nitrogens is 1. The first kappa shape index (κ1) is 56.6. The molecule has 0 saturated carbocycles. The lowest BCUT2D eigenvalue weighted by atomic mass is 9.77. The summed E-state index contributed by atoms with van der Waals surface area (Å²) in [5, 5.41) is 13.3. The Labute approximate surface area is 506 Å². The summed E-state index contributed by atoms with van der Waals surface area (Å²) in [5.41, 5.74) is 1.50. The lowest BCUT2D eigenvalue weighted by Crippen LogP contribution is -2.78. The Bertz CT molecular complexity index is 3880. The molecule has 0 bridgehead atoms. The molecule has 12 rings (SSSR count). The minimum atomic E-state index is -1.93. The molecule has 85 heavy (non-hydrogen) atoms. The Morgan fingerprint density at radius 3 is 1.78 bits per heavy atom. The van der Waals surface area contributed by atoms with Gasteiger partial charge in [0.15, 0.2) is 22.3 Å². The molecule has 13 nitrogen and oxygen atoms in total. The molecular formula is C68H55N5O8S4. The molecule has 4 heterocycles. The van der Waals surface area contributed by atoms with Crippen molar-refractivity contribution in [3.63, 3.8) is 0 Å². The van der Waals surface area contributed by atoms with Gasteiger partial charge in [0.2, 0.25) is 11.0 Å². The first-order valence-corrected chi connectivity index (χ1v) is 31.4. The summed E-state index contributed by atoms with van der Waals surface area (Å²) in [7, 11) is 1.56. The highest BCUT2D eigenvalue weighted by Gasteiger charge is 2.65. The van der Waals surface area contributed by atoms with Gasteiger partial charge in [0.1, 0.15) is 34.8 Å². The number of thioether (sulfide) groups is 1. The highest BCUT2D eigenvalue weighted by atomic mass is 32.2. The number of thiazole rings is 1. The van der Waals surface area contributed by atoms with E-state index in [1.807, 2.05) is 164 Å². The number of oxime groups is 1. The molecule has 10 aromatic rings. The second kappa shape index (κ2) is 24.8. The summed E-state index contributed by atoms with van der Waals surface area (Å²) in [5.74, 6) is -1.53. The normalized spacial score (nSPS) is 17.7. The van der Waals surface area contributed by atoms with Crippen LogP contribution in [0.15, 0.2) is 256 Å². The van der Waals surface area contributed by atoms with Crippen LogP contribution < -0.4 is 20.8 Å². The van der Waals surface area contributed by atoms with Crippen molar-refractivity contribution in [3.05, 3.63) is 297 Å². The summed E-state index contributed by atoms with van der Waals surface area (Å²) >= 11 is 2.02. The maximum absolute atomic E-state index is 15.5. The molecule has 0 radical (unpaired) electrons. The molecule has 4 atom stereocenters. The SMILES string of the molecule is COc1ccc(COC(=O)C2(CSc3cc(=O)c4ccccc4s3)CN3C(=O)C(NC(=O)C(=NOC(c4ccccc4)(c4ccccc4)c4ccccc4)c4csc(NC(c5ccccc5)(c5ccccc5)c5ccccc5)n4)[C@H]3[S+]([O-])C2)cc1. The van der Waals surface area contributed by atoms with Crippen LogP contribution in [0.2, 0.25) is 0 Å². The number of carbonyl (C=O) groups is 3. The van der Waals surface area contributed by atoms with Gasteiger partial charge in [-0.1, -0.05) is 211 Å². The fraction of sp³-hybridized carbons (Fsp3) is 0.147. The summed E-state index contributed by atoms with van der Waals surface area (Å²) in [6.45, 7) is -0.248. The van der Waals surface area contributed by atoms with Crippen molar-refractivity contribution in [2.75, 3.05) is 30.5 Å². The molecule has 2 aromatic heterocycles. The first-order valence-electron chi connectivity index (χ1n) is 27.4. The predicted molar refractivity (Wildman–Crippen MR) is 336 cm³/mol. The molecule has 0 spiro atoms. The van der Waals surface area contributed by atoms with Gasteiger partial charge in [-0.15, -0.1) is 34.4 Å². The van der Waals surface area contributed by atoms with Crippen LogP contribution in [0, 0.1) is 5.41 Å². The molecule has 0 aliphatic carbocycles. The highest BCUT2D eigenvalue weighted by Crippen LogP contribution is 2.45. The van der Waals surface area contributed by atoms with Gasteiger partial charge in [-0.05, 0) is 57.7 Å². The average Bonchev–Trinajstić information content (AvgIpc) is 4.28. The van der Waals surface area contributed by atoms with Crippen LogP contribution in [-0.2, 0) is 52.9 Å². The zero-order valence-corrected chi connectivity index (χ0v) is 49.1. The molecule has 2 aliphatic heterocycles. The van der Waals surface area contributed by atoms with Gasteiger partial charge in [-0.3, -0.25) is 24.1 Å². The third kappa shape index (κ3) is 11.2. The van der Waals surface area contributed by atoms with Crippen LogP contribution >= 0.6 is 34.4 Å². The van der Waals surface area contributed by atoms with Crippen LogP contribution in [0.4, 0.5) is 5.13 Å². The van der Waals surface area contributed by atoms with Gasteiger partial charge in [-0.2, -0.15) is 0 Å². The van der Waals surface area contributed by atoms with Gasteiger partial charge in [0.05, 0.1) is 11.3 Å². The number of benzene rings is 8. The molecule has 17 heteroatoms. The van der Waals surface area contributed by atoms with Crippen LogP contribution in [0.25, 0.3) is 10.1 Å². The van der Waals surface area contributed by atoms with Crippen molar-refractivity contribution in [3.8, 4) is 5.75 Å².